The van der Waals surface area contributed by atoms with Crippen molar-refractivity contribution in [2.45, 2.75) is 32.2 Å². The summed E-state index contributed by atoms with van der Waals surface area (Å²) in [7, 11) is 0. The molecule has 6 heteroatoms. The average molecular weight is 375 g/mol. The van der Waals surface area contributed by atoms with Crippen LogP contribution in [0.15, 0.2) is 47.3 Å². The van der Waals surface area contributed by atoms with Crippen LogP contribution in [0.25, 0.3) is 10.9 Å². The van der Waals surface area contributed by atoms with Gasteiger partial charge in [-0.1, -0.05) is 18.2 Å². The highest BCUT2D eigenvalue weighted by Gasteiger charge is 2.22. The number of aryl methyl sites for hydroxylation is 2. The third-order valence-corrected chi connectivity index (χ3v) is 5.56. The second-order valence-corrected chi connectivity index (χ2v) is 7.33. The van der Waals surface area contributed by atoms with Crippen molar-refractivity contribution in [3.05, 3.63) is 64.2 Å². The van der Waals surface area contributed by atoms with Crippen LogP contribution in [0.3, 0.4) is 0 Å². The van der Waals surface area contributed by atoms with E-state index in [-0.39, 0.29) is 18.1 Å². The number of carbonyl (C=O) groups excluding carboxylic acids is 1. The second-order valence-electron chi connectivity index (χ2n) is 7.33. The van der Waals surface area contributed by atoms with Gasteiger partial charge in [0.05, 0.1) is 10.9 Å². The molecule has 2 aromatic carbocycles. The number of benzene rings is 2. The molecule has 2 aliphatic rings. The molecule has 28 heavy (non-hydrogen) atoms. The number of ether oxygens (including phenoxy) is 1. The number of fused-ring (bicyclic) bond motifs is 3. The normalized spacial score (nSPS) is 15.4. The van der Waals surface area contributed by atoms with E-state index in [1.54, 1.807) is 27.7 Å². The number of aromatic nitrogens is 2. The molecule has 0 saturated heterocycles. The zero-order valence-corrected chi connectivity index (χ0v) is 15.6. The summed E-state index contributed by atoms with van der Waals surface area (Å²) in [5.74, 6) is 1.30. The van der Waals surface area contributed by atoms with Gasteiger partial charge in [0.25, 0.3) is 11.5 Å². The van der Waals surface area contributed by atoms with Crippen molar-refractivity contribution in [3.8, 4) is 5.75 Å². The van der Waals surface area contributed by atoms with E-state index in [0.29, 0.717) is 23.2 Å². The van der Waals surface area contributed by atoms with Crippen LogP contribution in [0.1, 0.15) is 24.2 Å². The molecule has 0 aliphatic carbocycles. The van der Waals surface area contributed by atoms with Crippen LogP contribution in [-0.2, 0) is 24.2 Å². The predicted molar refractivity (Wildman–Crippen MR) is 107 cm³/mol. The third kappa shape index (κ3) is 2.85. The first-order valence-electron chi connectivity index (χ1n) is 9.75. The smallest absolute Gasteiger partial charge is 0.264 e. The van der Waals surface area contributed by atoms with Gasteiger partial charge in [-0.15, -0.1) is 0 Å². The van der Waals surface area contributed by atoms with Crippen molar-refractivity contribution < 1.29 is 9.53 Å². The average Bonchev–Trinajstić information content (AvgIpc) is 3.21. The fraction of sp³-hybridized carbons (Fsp3) is 0.318. The standard InChI is InChI=1S/C22H21N3O3/c26-21(24-11-3-6-15-5-1-2-7-19(15)24)14-28-16-9-10-18-17(13-16)22(27)25-12-4-8-20(25)23-18/h1-2,5,7,9-10,13H,3-4,6,8,11-12,14H2. The number of hydrogen-bond acceptors (Lipinski definition) is 4. The number of nitrogens with zero attached hydrogens (tertiary/aromatic N) is 3. The van der Waals surface area contributed by atoms with Crippen molar-refractivity contribution in [1.82, 2.24) is 9.55 Å². The summed E-state index contributed by atoms with van der Waals surface area (Å²) < 4.78 is 7.49. The van der Waals surface area contributed by atoms with Crippen LogP contribution < -0.4 is 15.2 Å². The molecule has 0 spiro atoms. The Morgan fingerprint density at radius 1 is 1.07 bits per heavy atom. The lowest BCUT2D eigenvalue weighted by molar-refractivity contribution is -0.120. The zero-order valence-electron chi connectivity index (χ0n) is 15.6. The molecule has 0 unspecified atom stereocenters. The third-order valence-electron chi connectivity index (χ3n) is 5.56. The summed E-state index contributed by atoms with van der Waals surface area (Å²) in [5.41, 5.74) is 2.82. The number of rotatable bonds is 3. The molecule has 1 aromatic heterocycles. The largest absolute Gasteiger partial charge is 0.484 e. The number of para-hydroxylation sites is 1. The minimum Gasteiger partial charge on any atom is -0.484 e. The van der Waals surface area contributed by atoms with Crippen molar-refractivity contribution in [3.63, 3.8) is 0 Å². The van der Waals surface area contributed by atoms with Gasteiger partial charge in [0.2, 0.25) is 0 Å². The maximum atomic E-state index is 12.7. The van der Waals surface area contributed by atoms with E-state index in [2.05, 4.69) is 11.1 Å². The summed E-state index contributed by atoms with van der Waals surface area (Å²) >= 11 is 0. The molecule has 5 rings (SSSR count). The molecule has 6 nitrogen and oxygen atoms in total. The maximum absolute atomic E-state index is 12.7. The van der Waals surface area contributed by atoms with Gasteiger partial charge < -0.3 is 9.64 Å². The monoisotopic (exact) mass is 375 g/mol. The molecule has 0 saturated carbocycles. The van der Waals surface area contributed by atoms with Crippen LogP contribution in [0.2, 0.25) is 0 Å². The van der Waals surface area contributed by atoms with E-state index in [4.69, 9.17) is 4.74 Å². The number of carbonyl (C=O) groups is 1. The first-order chi connectivity index (χ1) is 13.7. The summed E-state index contributed by atoms with van der Waals surface area (Å²) in [6.07, 6.45) is 3.74. The van der Waals surface area contributed by atoms with Gasteiger partial charge in [-0.25, -0.2) is 4.98 Å². The van der Waals surface area contributed by atoms with Gasteiger partial charge in [0.15, 0.2) is 6.61 Å². The highest BCUT2D eigenvalue weighted by atomic mass is 16.5. The van der Waals surface area contributed by atoms with E-state index in [9.17, 15) is 9.59 Å². The Bertz CT molecular complexity index is 1140. The molecule has 0 N–H and O–H groups in total. The highest BCUT2D eigenvalue weighted by molar-refractivity contribution is 5.95. The SMILES string of the molecule is O=C(COc1ccc2nc3n(c(=O)c2c1)CCC3)N1CCCc2ccccc21. The Hall–Kier alpha value is -3.15. The van der Waals surface area contributed by atoms with Gasteiger partial charge in [-0.05, 0) is 49.1 Å². The van der Waals surface area contributed by atoms with Gasteiger partial charge in [0.1, 0.15) is 11.6 Å². The Morgan fingerprint density at radius 3 is 2.86 bits per heavy atom. The van der Waals surface area contributed by atoms with Crippen LogP contribution in [0, 0.1) is 0 Å². The molecule has 3 aromatic rings. The van der Waals surface area contributed by atoms with E-state index < -0.39 is 0 Å². The summed E-state index contributed by atoms with van der Waals surface area (Å²) in [4.78, 5) is 31.8. The summed E-state index contributed by atoms with van der Waals surface area (Å²) in [6.45, 7) is 1.36. The minimum absolute atomic E-state index is 0.0285. The van der Waals surface area contributed by atoms with Crippen molar-refractivity contribution in [2.24, 2.45) is 0 Å². The molecule has 1 amide bonds. The number of hydrogen-bond donors (Lipinski definition) is 0. The topological polar surface area (TPSA) is 64.4 Å². The maximum Gasteiger partial charge on any atom is 0.264 e. The van der Waals surface area contributed by atoms with Crippen LogP contribution >= 0.6 is 0 Å². The fourth-order valence-electron chi connectivity index (χ4n) is 4.17. The van der Waals surface area contributed by atoms with E-state index >= 15 is 0 Å². The van der Waals surface area contributed by atoms with Crippen molar-refractivity contribution in [1.29, 1.82) is 0 Å². The minimum atomic E-state index is -0.0731. The molecule has 0 bridgehead atoms. The van der Waals surface area contributed by atoms with Gasteiger partial charge >= 0.3 is 0 Å². The first-order valence-corrected chi connectivity index (χ1v) is 9.75. The Labute approximate surface area is 162 Å². The second kappa shape index (κ2) is 6.78. The molecule has 0 fully saturated rings. The van der Waals surface area contributed by atoms with Crippen molar-refractivity contribution >= 4 is 22.5 Å². The Kier molecular flexibility index (Phi) is 4.11. The van der Waals surface area contributed by atoms with Crippen molar-refractivity contribution in [2.75, 3.05) is 18.1 Å². The predicted octanol–water partition coefficient (Wildman–Crippen LogP) is 2.70. The van der Waals surface area contributed by atoms with Gasteiger partial charge in [-0.3, -0.25) is 14.2 Å². The molecular formula is C22H21N3O3. The van der Waals surface area contributed by atoms with Gasteiger partial charge in [-0.2, -0.15) is 0 Å². The van der Waals surface area contributed by atoms with Crippen LogP contribution in [0.4, 0.5) is 5.69 Å². The molecule has 2 aliphatic heterocycles. The molecular weight excluding hydrogens is 354 g/mol. The molecule has 0 radical (unpaired) electrons. The quantitative estimate of drug-likeness (QED) is 0.706. The van der Waals surface area contributed by atoms with E-state index in [0.717, 1.165) is 43.7 Å². The van der Waals surface area contributed by atoms with Crippen LogP contribution in [-0.4, -0.2) is 28.6 Å². The number of amides is 1. The lowest BCUT2D eigenvalue weighted by Gasteiger charge is -2.29. The lowest BCUT2D eigenvalue weighted by Crippen LogP contribution is -2.38. The lowest BCUT2D eigenvalue weighted by atomic mass is 10.0. The first kappa shape index (κ1) is 17.0. The summed E-state index contributed by atoms with van der Waals surface area (Å²) in [5, 5.41) is 0.541. The van der Waals surface area contributed by atoms with E-state index in [1.807, 2.05) is 18.2 Å². The molecule has 142 valence electrons. The van der Waals surface area contributed by atoms with Crippen LogP contribution in [0.5, 0.6) is 5.75 Å². The molecule has 0 atom stereocenters. The molecule has 3 heterocycles. The van der Waals surface area contributed by atoms with E-state index in [1.165, 1.54) is 5.56 Å². The fourth-order valence-corrected chi connectivity index (χ4v) is 4.17. The summed E-state index contributed by atoms with van der Waals surface area (Å²) in [6, 6.07) is 13.3. The van der Waals surface area contributed by atoms with Gasteiger partial charge in [0, 0.05) is 25.2 Å². The Morgan fingerprint density at radius 2 is 1.93 bits per heavy atom. The Balaban J connectivity index is 1.37. The zero-order chi connectivity index (χ0) is 19.1. The highest BCUT2D eigenvalue weighted by Crippen LogP contribution is 2.27. The number of anilines is 1.